The van der Waals surface area contributed by atoms with E-state index in [1.54, 1.807) is 24.0 Å². The Morgan fingerprint density at radius 2 is 1.66 bits per heavy atom. The maximum atomic E-state index is 13.1. The van der Waals surface area contributed by atoms with Crippen LogP contribution in [-0.2, 0) is 0 Å². The molecule has 0 aliphatic carbocycles. The van der Waals surface area contributed by atoms with E-state index >= 15 is 0 Å². The molecule has 1 amide bonds. The third-order valence-electron chi connectivity index (χ3n) is 5.38. The van der Waals surface area contributed by atoms with E-state index in [1.165, 1.54) is 22.9 Å². The topological polar surface area (TPSA) is 102 Å². The number of anilines is 1. The Morgan fingerprint density at radius 1 is 1.03 bits per heavy atom. The van der Waals surface area contributed by atoms with Crippen LogP contribution >= 0.6 is 11.6 Å². The summed E-state index contributed by atoms with van der Waals surface area (Å²) in [6.45, 7) is 3.51. The van der Waals surface area contributed by atoms with Crippen molar-refractivity contribution in [3.8, 4) is 5.69 Å². The number of piperazine rings is 1. The van der Waals surface area contributed by atoms with Gasteiger partial charge in [-0.1, -0.05) is 35.9 Å². The van der Waals surface area contributed by atoms with Gasteiger partial charge in [0.1, 0.15) is 5.69 Å². The van der Waals surface area contributed by atoms with Gasteiger partial charge in [0.05, 0.1) is 15.6 Å². The molecule has 0 radical (unpaired) electrons. The number of nitro benzene ring substituents is 1. The zero-order valence-electron chi connectivity index (χ0n) is 17.3. The summed E-state index contributed by atoms with van der Waals surface area (Å²) in [6, 6.07) is 14.8. The SMILES string of the molecule is Cc1cc(=O)c(C(=O)N2CCN(c3ccccc3Cl)CC2)nn1-c1ccccc1[N+](=O)[O-]. The molecule has 164 valence electrons. The van der Waals surface area contributed by atoms with Crippen LogP contribution in [0.4, 0.5) is 11.4 Å². The third-order valence-corrected chi connectivity index (χ3v) is 5.70. The summed E-state index contributed by atoms with van der Waals surface area (Å²) in [5, 5.41) is 16.3. The minimum Gasteiger partial charge on any atom is -0.367 e. The molecule has 4 rings (SSSR count). The highest BCUT2D eigenvalue weighted by Gasteiger charge is 2.27. The predicted octanol–water partition coefficient (Wildman–Crippen LogP) is 3.06. The van der Waals surface area contributed by atoms with E-state index in [0.29, 0.717) is 36.9 Å². The van der Waals surface area contributed by atoms with Crippen molar-refractivity contribution in [3.63, 3.8) is 0 Å². The molecule has 2 heterocycles. The fourth-order valence-corrected chi connectivity index (χ4v) is 4.00. The molecule has 1 aliphatic rings. The molecule has 1 aromatic heterocycles. The number of carbonyl (C=O) groups is 1. The van der Waals surface area contributed by atoms with Gasteiger partial charge >= 0.3 is 0 Å². The molecule has 0 N–H and O–H groups in total. The number of benzene rings is 2. The Hall–Kier alpha value is -3.72. The smallest absolute Gasteiger partial charge is 0.294 e. The van der Waals surface area contributed by atoms with Crippen molar-refractivity contribution >= 4 is 28.9 Å². The predicted molar refractivity (Wildman–Crippen MR) is 121 cm³/mol. The molecule has 1 aliphatic heterocycles. The highest BCUT2D eigenvalue weighted by molar-refractivity contribution is 6.33. The van der Waals surface area contributed by atoms with Crippen LogP contribution in [0, 0.1) is 17.0 Å². The second kappa shape index (κ2) is 8.80. The molecule has 0 saturated carbocycles. The first kappa shape index (κ1) is 21.5. The van der Waals surface area contributed by atoms with Gasteiger partial charge in [-0.25, -0.2) is 4.68 Å². The highest BCUT2D eigenvalue weighted by atomic mass is 35.5. The fourth-order valence-electron chi connectivity index (χ4n) is 3.75. The number of amides is 1. The zero-order valence-corrected chi connectivity index (χ0v) is 18.0. The number of hydrogen-bond donors (Lipinski definition) is 0. The number of halogens is 1. The van der Waals surface area contributed by atoms with Crippen molar-refractivity contribution in [3.05, 3.63) is 91.3 Å². The summed E-state index contributed by atoms with van der Waals surface area (Å²) in [4.78, 5) is 40.2. The van der Waals surface area contributed by atoms with Gasteiger partial charge < -0.3 is 9.80 Å². The lowest BCUT2D eigenvalue weighted by atomic mass is 10.2. The van der Waals surface area contributed by atoms with Crippen LogP contribution in [0.3, 0.4) is 0 Å². The Balaban J connectivity index is 1.60. The molecule has 1 fully saturated rings. The summed E-state index contributed by atoms with van der Waals surface area (Å²) in [7, 11) is 0. The average Bonchev–Trinajstić information content (AvgIpc) is 2.79. The molecular weight excluding hydrogens is 434 g/mol. The third kappa shape index (κ3) is 4.06. The van der Waals surface area contributed by atoms with Crippen molar-refractivity contribution in [2.45, 2.75) is 6.92 Å². The number of nitrogens with zero attached hydrogens (tertiary/aromatic N) is 5. The van der Waals surface area contributed by atoms with Crippen LogP contribution in [0.5, 0.6) is 0 Å². The largest absolute Gasteiger partial charge is 0.367 e. The molecule has 0 bridgehead atoms. The van der Waals surface area contributed by atoms with Crippen molar-refractivity contribution < 1.29 is 9.72 Å². The molecule has 9 nitrogen and oxygen atoms in total. The summed E-state index contributed by atoms with van der Waals surface area (Å²) in [5.41, 5.74) is 0.528. The Bertz CT molecular complexity index is 1250. The monoisotopic (exact) mass is 453 g/mol. The molecule has 3 aromatic rings. The van der Waals surface area contributed by atoms with Crippen LogP contribution in [0.1, 0.15) is 16.2 Å². The normalized spacial score (nSPS) is 13.8. The van der Waals surface area contributed by atoms with E-state index in [1.807, 2.05) is 24.3 Å². The van der Waals surface area contributed by atoms with E-state index in [-0.39, 0.29) is 17.1 Å². The van der Waals surface area contributed by atoms with E-state index < -0.39 is 16.3 Å². The standard InChI is InChI=1S/C22H20ClN5O4/c1-15-14-20(29)21(24-27(15)18-8-4-5-9-19(18)28(31)32)22(30)26-12-10-25(11-13-26)17-7-3-2-6-16(17)23/h2-9,14H,10-13H2,1H3. The maximum absolute atomic E-state index is 13.1. The highest BCUT2D eigenvalue weighted by Crippen LogP contribution is 2.26. The van der Waals surface area contributed by atoms with Crippen molar-refractivity contribution in [1.29, 1.82) is 0 Å². The fraction of sp³-hybridized carbons (Fsp3) is 0.227. The van der Waals surface area contributed by atoms with Gasteiger partial charge in [-0.3, -0.25) is 19.7 Å². The lowest BCUT2D eigenvalue weighted by molar-refractivity contribution is -0.384. The van der Waals surface area contributed by atoms with Crippen LogP contribution in [0.25, 0.3) is 5.69 Å². The Morgan fingerprint density at radius 3 is 2.31 bits per heavy atom. The maximum Gasteiger partial charge on any atom is 0.294 e. The van der Waals surface area contributed by atoms with Crippen molar-refractivity contribution in [2.24, 2.45) is 0 Å². The summed E-state index contributed by atoms with van der Waals surface area (Å²) in [5.74, 6) is -0.499. The Kier molecular flexibility index (Phi) is 5.91. The van der Waals surface area contributed by atoms with Crippen molar-refractivity contribution in [1.82, 2.24) is 14.7 Å². The first-order valence-corrected chi connectivity index (χ1v) is 10.4. The quantitative estimate of drug-likeness (QED) is 0.444. The van der Waals surface area contributed by atoms with Crippen LogP contribution in [0.15, 0.2) is 59.4 Å². The molecule has 0 unspecified atom stereocenters. The molecule has 10 heteroatoms. The molecule has 32 heavy (non-hydrogen) atoms. The summed E-state index contributed by atoms with van der Waals surface area (Å²) < 4.78 is 1.27. The molecule has 1 saturated heterocycles. The van der Waals surface area contributed by atoms with Gasteiger partial charge in [-0.2, -0.15) is 5.10 Å². The number of para-hydroxylation sites is 3. The summed E-state index contributed by atoms with van der Waals surface area (Å²) >= 11 is 6.27. The van der Waals surface area contributed by atoms with E-state index in [9.17, 15) is 19.7 Å². The average molecular weight is 454 g/mol. The summed E-state index contributed by atoms with van der Waals surface area (Å²) in [6.07, 6.45) is 0. The second-order valence-corrected chi connectivity index (χ2v) is 7.79. The van der Waals surface area contributed by atoms with Gasteiger partial charge in [0, 0.05) is 44.0 Å². The van der Waals surface area contributed by atoms with Gasteiger partial charge in [0.2, 0.25) is 5.43 Å². The number of rotatable bonds is 4. The Labute approximate surface area is 188 Å². The van der Waals surface area contributed by atoms with E-state index in [2.05, 4.69) is 10.00 Å². The van der Waals surface area contributed by atoms with Crippen LogP contribution in [-0.4, -0.2) is 51.7 Å². The number of aryl methyl sites for hydroxylation is 1. The molecular formula is C22H20ClN5O4. The molecule has 0 spiro atoms. The second-order valence-electron chi connectivity index (χ2n) is 7.39. The van der Waals surface area contributed by atoms with Crippen LogP contribution in [0.2, 0.25) is 5.02 Å². The number of carbonyl (C=O) groups excluding carboxylic acids is 1. The van der Waals surface area contributed by atoms with Crippen LogP contribution < -0.4 is 10.3 Å². The number of hydrogen-bond acceptors (Lipinski definition) is 6. The lowest BCUT2D eigenvalue weighted by Crippen LogP contribution is -2.50. The first-order chi connectivity index (χ1) is 15.4. The first-order valence-electron chi connectivity index (χ1n) is 10.0. The van der Waals surface area contributed by atoms with E-state index in [0.717, 1.165) is 5.69 Å². The van der Waals surface area contributed by atoms with Gasteiger partial charge in [-0.05, 0) is 25.1 Å². The lowest BCUT2D eigenvalue weighted by Gasteiger charge is -2.36. The minimum atomic E-state index is -0.524. The molecule has 0 atom stereocenters. The van der Waals surface area contributed by atoms with E-state index in [4.69, 9.17) is 11.6 Å². The number of aromatic nitrogens is 2. The van der Waals surface area contributed by atoms with Crippen molar-refractivity contribution in [2.75, 3.05) is 31.1 Å². The number of nitro groups is 1. The molecule has 2 aromatic carbocycles. The minimum absolute atomic E-state index is 0.168. The van der Waals surface area contributed by atoms with Gasteiger partial charge in [-0.15, -0.1) is 0 Å². The van der Waals surface area contributed by atoms with Gasteiger partial charge in [0.15, 0.2) is 5.69 Å². The van der Waals surface area contributed by atoms with Gasteiger partial charge in [0.25, 0.3) is 11.6 Å². The zero-order chi connectivity index (χ0) is 22.8.